The summed E-state index contributed by atoms with van der Waals surface area (Å²) in [4.78, 5) is 30.0. The predicted molar refractivity (Wildman–Crippen MR) is 107 cm³/mol. The number of carbonyl (C=O) groups excluding carboxylic acids is 2. The molecule has 1 heterocycles. The van der Waals surface area contributed by atoms with E-state index in [1.165, 1.54) is 0 Å². The Hall–Kier alpha value is -2.44. The highest BCUT2D eigenvalue weighted by molar-refractivity contribution is 9.10. The quantitative estimate of drug-likeness (QED) is 0.598. The summed E-state index contributed by atoms with van der Waals surface area (Å²) in [5, 5.41) is 3.75. The average Bonchev–Trinajstić information content (AvgIpc) is 3.06. The molecule has 1 aromatic heterocycles. The number of amides is 1. The largest absolute Gasteiger partial charge is 0.360 e. The Balaban J connectivity index is 1.67. The van der Waals surface area contributed by atoms with E-state index in [0.29, 0.717) is 11.3 Å². The lowest BCUT2D eigenvalue weighted by molar-refractivity contribution is -0.117. The number of nitrogens with zero attached hydrogens (tertiary/aromatic N) is 1. The average molecular weight is 414 g/mol. The van der Waals surface area contributed by atoms with Gasteiger partial charge in [0.15, 0.2) is 5.78 Å². The predicted octanol–water partition coefficient (Wildman–Crippen LogP) is 4.07. The van der Waals surface area contributed by atoms with E-state index < -0.39 is 6.04 Å². The van der Waals surface area contributed by atoms with Crippen molar-refractivity contribution in [3.8, 4) is 0 Å². The maximum absolute atomic E-state index is 12.9. The molecule has 2 N–H and O–H groups in total. The van der Waals surface area contributed by atoms with Gasteiger partial charge in [-0.15, -0.1) is 0 Å². The molecule has 0 radical (unpaired) electrons. The molecular weight excluding hydrogens is 394 g/mol. The van der Waals surface area contributed by atoms with E-state index >= 15 is 0 Å². The van der Waals surface area contributed by atoms with Gasteiger partial charge in [0.05, 0.1) is 18.3 Å². The molecule has 0 bridgehead atoms. The minimum atomic E-state index is -0.417. The van der Waals surface area contributed by atoms with Crippen molar-refractivity contribution in [2.75, 3.05) is 18.9 Å². The van der Waals surface area contributed by atoms with Gasteiger partial charge < -0.3 is 10.3 Å². The molecule has 0 spiro atoms. The number of H-pyrrole nitrogens is 1. The summed E-state index contributed by atoms with van der Waals surface area (Å²) in [6, 6.07) is 14.7. The molecule has 3 aromatic rings. The summed E-state index contributed by atoms with van der Waals surface area (Å²) in [5.41, 5.74) is 2.28. The molecule has 0 aliphatic heterocycles. The van der Waals surface area contributed by atoms with Crippen LogP contribution in [0, 0.1) is 0 Å². The van der Waals surface area contributed by atoms with Crippen molar-refractivity contribution >= 4 is 44.2 Å². The lowest BCUT2D eigenvalue weighted by atomic mass is 10.0. The number of carbonyl (C=O) groups is 2. The molecule has 0 aliphatic rings. The number of Topliss-reactive ketones (excluding diaryl/α,β-unsaturated/α-hetero) is 1. The van der Waals surface area contributed by atoms with E-state index in [1.54, 1.807) is 18.1 Å². The molecule has 1 atom stereocenters. The smallest absolute Gasteiger partial charge is 0.238 e. The van der Waals surface area contributed by atoms with Crippen LogP contribution in [0.15, 0.2) is 59.2 Å². The third-order valence-electron chi connectivity index (χ3n) is 4.44. The zero-order valence-corrected chi connectivity index (χ0v) is 16.2. The van der Waals surface area contributed by atoms with Crippen LogP contribution in [0.5, 0.6) is 0 Å². The molecule has 0 saturated heterocycles. The minimum absolute atomic E-state index is 0.0151. The number of aromatic nitrogens is 1. The molecule has 0 aliphatic carbocycles. The van der Waals surface area contributed by atoms with Crippen LogP contribution in [-0.4, -0.2) is 41.2 Å². The monoisotopic (exact) mass is 413 g/mol. The minimum Gasteiger partial charge on any atom is -0.360 e. The molecule has 2 aromatic carbocycles. The Kier molecular flexibility index (Phi) is 5.54. The Bertz CT molecular complexity index is 951. The van der Waals surface area contributed by atoms with Crippen molar-refractivity contribution in [3.63, 3.8) is 0 Å². The van der Waals surface area contributed by atoms with Crippen molar-refractivity contribution in [3.05, 3.63) is 64.8 Å². The molecular formula is C20H20BrN3O2. The van der Waals surface area contributed by atoms with E-state index in [0.717, 1.165) is 15.4 Å². The summed E-state index contributed by atoms with van der Waals surface area (Å²) in [5.74, 6) is -0.184. The van der Waals surface area contributed by atoms with Crippen molar-refractivity contribution < 1.29 is 9.59 Å². The van der Waals surface area contributed by atoms with E-state index in [1.807, 2.05) is 55.5 Å². The second kappa shape index (κ2) is 7.85. The van der Waals surface area contributed by atoms with Crippen molar-refractivity contribution in [2.24, 2.45) is 0 Å². The highest BCUT2D eigenvalue weighted by Gasteiger charge is 2.23. The number of likely N-dealkylation sites (N-methyl/N-ethyl adjacent to an activating group) is 1. The first-order chi connectivity index (χ1) is 12.5. The first kappa shape index (κ1) is 18.4. The summed E-state index contributed by atoms with van der Waals surface area (Å²) in [6.07, 6.45) is 1.73. The van der Waals surface area contributed by atoms with Crippen LogP contribution < -0.4 is 5.32 Å². The van der Waals surface area contributed by atoms with E-state index in [-0.39, 0.29) is 18.2 Å². The number of para-hydroxylation sites is 2. The van der Waals surface area contributed by atoms with Crippen LogP contribution >= 0.6 is 15.9 Å². The number of hydrogen-bond donors (Lipinski definition) is 2. The van der Waals surface area contributed by atoms with Gasteiger partial charge in [-0.3, -0.25) is 14.5 Å². The second-order valence-corrected chi connectivity index (χ2v) is 7.09. The Morgan fingerprint density at radius 3 is 2.62 bits per heavy atom. The molecule has 1 unspecified atom stereocenters. The Morgan fingerprint density at radius 1 is 1.15 bits per heavy atom. The number of anilines is 1. The van der Waals surface area contributed by atoms with Gasteiger partial charge >= 0.3 is 0 Å². The summed E-state index contributed by atoms with van der Waals surface area (Å²) in [7, 11) is 1.77. The van der Waals surface area contributed by atoms with Gasteiger partial charge in [-0.1, -0.05) is 30.3 Å². The summed E-state index contributed by atoms with van der Waals surface area (Å²) in [6.45, 7) is 1.94. The Morgan fingerprint density at radius 2 is 1.85 bits per heavy atom. The lowest BCUT2D eigenvalue weighted by Crippen LogP contribution is -2.40. The zero-order chi connectivity index (χ0) is 18.7. The number of benzene rings is 2. The number of ketones is 1. The molecule has 6 heteroatoms. The van der Waals surface area contributed by atoms with Gasteiger partial charge in [0, 0.05) is 27.1 Å². The van der Waals surface area contributed by atoms with Crippen LogP contribution in [0.3, 0.4) is 0 Å². The van der Waals surface area contributed by atoms with Gasteiger partial charge in [0.25, 0.3) is 0 Å². The Labute approximate surface area is 160 Å². The third-order valence-corrected chi connectivity index (χ3v) is 5.13. The SMILES string of the molecule is CC(C(=O)c1c[nH]c2ccccc12)N(C)CC(=O)Nc1ccccc1Br. The van der Waals surface area contributed by atoms with Crippen LogP contribution in [0.25, 0.3) is 10.9 Å². The van der Waals surface area contributed by atoms with Crippen LogP contribution in [0.2, 0.25) is 0 Å². The van der Waals surface area contributed by atoms with Crippen molar-refractivity contribution in [2.45, 2.75) is 13.0 Å². The van der Waals surface area contributed by atoms with Crippen LogP contribution in [-0.2, 0) is 4.79 Å². The van der Waals surface area contributed by atoms with Crippen molar-refractivity contribution in [1.82, 2.24) is 9.88 Å². The standard InChI is InChI=1S/C20H20BrN3O2/c1-13(20(26)15-11-22-17-9-5-3-7-14(15)17)24(2)12-19(25)23-18-10-6-4-8-16(18)21/h3-11,13,22H,12H2,1-2H3,(H,23,25). The number of nitrogens with one attached hydrogen (secondary N) is 2. The molecule has 3 rings (SSSR count). The zero-order valence-electron chi connectivity index (χ0n) is 14.6. The number of fused-ring (bicyclic) bond motifs is 1. The molecule has 1 amide bonds. The van der Waals surface area contributed by atoms with Gasteiger partial charge in [-0.05, 0) is 48.1 Å². The number of aromatic amines is 1. The first-order valence-corrected chi connectivity index (χ1v) is 9.11. The van der Waals surface area contributed by atoms with E-state index in [2.05, 4.69) is 26.2 Å². The van der Waals surface area contributed by atoms with Crippen LogP contribution in [0.4, 0.5) is 5.69 Å². The molecule has 134 valence electrons. The highest BCUT2D eigenvalue weighted by atomic mass is 79.9. The molecule has 0 saturated carbocycles. The van der Waals surface area contributed by atoms with Gasteiger partial charge in [0.1, 0.15) is 0 Å². The fourth-order valence-electron chi connectivity index (χ4n) is 2.82. The number of halogens is 1. The van der Waals surface area contributed by atoms with Gasteiger partial charge in [-0.2, -0.15) is 0 Å². The highest BCUT2D eigenvalue weighted by Crippen LogP contribution is 2.22. The van der Waals surface area contributed by atoms with Gasteiger partial charge in [0.2, 0.25) is 5.91 Å². The molecule has 5 nitrogen and oxygen atoms in total. The first-order valence-electron chi connectivity index (χ1n) is 8.32. The van der Waals surface area contributed by atoms with E-state index in [9.17, 15) is 9.59 Å². The summed E-state index contributed by atoms with van der Waals surface area (Å²) >= 11 is 3.41. The lowest BCUT2D eigenvalue weighted by Gasteiger charge is -2.23. The fraction of sp³-hybridized carbons (Fsp3) is 0.200. The topological polar surface area (TPSA) is 65.2 Å². The van der Waals surface area contributed by atoms with Gasteiger partial charge in [-0.25, -0.2) is 0 Å². The normalized spacial score (nSPS) is 12.3. The maximum Gasteiger partial charge on any atom is 0.238 e. The van der Waals surface area contributed by atoms with E-state index in [4.69, 9.17) is 0 Å². The fourth-order valence-corrected chi connectivity index (χ4v) is 3.20. The third kappa shape index (κ3) is 3.86. The maximum atomic E-state index is 12.9. The number of hydrogen-bond acceptors (Lipinski definition) is 3. The summed E-state index contributed by atoms with van der Waals surface area (Å²) < 4.78 is 0.818. The van der Waals surface area contributed by atoms with Crippen molar-refractivity contribution in [1.29, 1.82) is 0 Å². The molecule has 0 fully saturated rings. The van der Waals surface area contributed by atoms with Crippen LogP contribution in [0.1, 0.15) is 17.3 Å². The second-order valence-electron chi connectivity index (χ2n) is 6.23. The number of rotatable bonds is 6. The molecule has 26 heavy (non-hydrogen) atoms.